The zero-order valence-electron chi connectivity index (χ0n) is 10.6. The smallest absolute Gasteiger partial charge is 0.207 e. The first kappa shape index (κ1) is 17.1. The summed E-state index contributed by atoms with van der Waals surface area (Å²) in [5.74, 6) is -0.735. The van der Waals surface area contributed by atoms with Gasteiger partial charge in [-0.15, -0.1) is 0 Å². The first-order chi connectivity index (χ1) is 8.89. The normalized spacial score (nSPS) is 12.1. The highest BCUT2D eigenvalue weighted by Crippen LogP contribution is 2.22. The van der Waals surface area contributed by atoms with Crippen LogP contribution < -0.4 is 0 Å². The first-order valence-corrected chi connectivity index (χ1v) is 9.22. The maximum Gasteiger partial charge on any atom is 0.245 e. The molecular weight excluding hydrogens is 401 g/mol. The molecule has 7 heteroatoms. The van der Waals surface area contributed by atoms with E-state index < -0.39 is 15.8 Å². The molecule has 0 saturated carbocycles. The third-order valence-electron chi connectivity index (χ3n) is 2.69. The van der Waals surface area contributed by atoms with Crippen molar-refractivity contribution in [3.05, 3.63) is 28.5 Å². The van der Waals surface area contributed by atoms with Crippen molar-refractivity contribution in [3.8, 4) is 0 Å². The van der Waals surface area contributed by atoms with Gasteiger partial charge in [-0.2, -0.15) is 0 Å². The van der Waals surface area contributed by atoms with Crippen LogP contribution in [0.25, 0.3) is 0 Å². The molecule has 108 valence electrons. The van der Waals surface area contributed by atoms with Gasteiger partial charge in [0.05, 0.1) is 0 Å². The minimum Gasteiger partial charge on any atom is -0.207 e. The Balaban J connectivity index is 2.79. The van der Waals surface area contributed by atoms with E-state index in [0.29, 0.717) is 11.0 Å². The Kier molecular flexibility index (Phi) is 6.93. The Bertz CT molecular complexity index is 522. The molecule has 0 unspecified atom stereocenters. The summed E-state index contributed by atoms with van der Waals surface area (Å²) in [6, 6.07) is 3.96. The van der Waals surface area contributed by atoms with Gasteiger partial charge >= 0.3 is 0 Å². The molecular formula is C12H16Br2FNO2S. The number of nitrogens with zero attached hydrogens (tertiary/aromatic N) is 1. The van der Waals surface area contributed by atoms with E-state index in [4.69, 9.17) is 0 Å². The predicted molar refractivity (Wildman–Crippen MR) is 81.6 cm³/mol. The number of sulfonamides is 1. The van der Waals surface area contributed by atoms with Crippen molar-refractivity contribution in [3.63, 3.8) is 0 Å². The molecule has 0 bridgehead atoms. The van der Waals surface area contributed by atoms with Crippen molar-refractivity contribution < 1.29 is 12.8 Å². The van der Waals surface area contributed by atoms with Crippen molar-refractivity contribution >= 4 is 41.9 Å². The number of alkyl halides is 1. The fraction of sp³-hybridized carbons (Fsp3) is 0.500. The third kappa shape index (κ3) is 4.81. The second-order valence-electron chi connectivity index (χ2n) is 4.15. The summed E-state index contributed by atoms with van der Waals surface area (Å²) >= 11 is 6.43. The molecule has 3 nitrogen and oxygen atoms in total. The molecule has 0 heterocycles. The molecule has 19 heavy (non-hydrogen) atoms. The van der Waals surface area contributed by atoms with Crippen LogP contribution in [0.4, 0.5) is 4.39 Å². The van der Waals surface area contributed by atoms with Crippen LogP contribution in [0.15, 0.2) is 27.6 Å². The molecule has 1 aromatic carbocycles. The summed E-state index contributed by atoms with van der Waals surface area (Å²) in [5.41, 5.74) is 0. The van der Waals surface area contributed by atoms with E-state index in [9.17, 15) is 12.8 Å². The number of unbranched alkanes of at least 4 members (excludes halogenated alkanes) is 2. The van der Waals surface area contributed by atoms with Gasteiger partial charge in [0.15, 0.2) is 0 Å². The van der Waals surface area contributed by atoms with Crippen molar-refractivity contribution in [1.82, 2.24) is 4.31 Å². The average Bonchev–Trinajstić information content (AvgIpc) is 2.33. The molecule has 0 aliphatic heterocycles. The van der Waals surface area contributed by atoms with Gasteiger partial charge < -0.3 is 0 Å². The lowest BCUT2D eigenvalue weighted by Crippen LogP contribution is -2.28. The van der Waals surface area contributed by atoms with Crippen LogP contribution in [0, 0.1) is 5.82 Å². The fourth-order valence-corrected chi connectivity index (χ4v) is 3.56. The molecule has 0 amide bonds. The lowest BCUT2D eigenvalue weighted by molar-refractivity contribution is 0.449. The molecule has 0 spiro atoms. The van der Waals surface area contributed by atoms with Crippen molar-refractivity contribution in [1.29, 1.82) is 0 Å². The van der Waals surface area contributed by atoms with Gasteiger partial charge in [-0.05, 0) is 31.0 Å². The average molecular weight is 417 g/mol. The molecule has 1 aromatic rings. The molecule has 0 saturated heterocycles. The fourth-order valence-electron chi connectivity index (χ4n) is 1.58. The van der Waals surface area contributed by atoms with E-state index in [1.165, 1.54) is 23.5 Å². The molecule has 0 aliphatic carbocycles. The summed E-state index contributed by atoms with van der Waals surface area (Å²) in [4.78, 5) is -0.279. The first-order valence-electron chi connectivity index (χ1n) is 5.87. The Morgan fingerprint density at radius 1 is 1.26 bits per heavy atom. The van der Waals surface area contributed by atoms with E-state index >= 15 is 0 Å². The standard InChI is InChI=1S/C12H16Br2FNO2S/c1-16(8-4-2-3-7-13)19(17,18)12-6-5-10(14)9-11(12)15/h5-6,9H,2-4,7-8H2,1H3. The van der Waals surface area contributed by atoms with Gasteiger partial charge in [-0.3, -0.25) is 0 Å². The number of benzene rings is 1. The van der Waals surface area contributed by atoms with Crippen LogP contribution in [-0.4, -0.2) is 31.6 Å². The highest BCUT2D eigenvalue weighted by Gasteiger charge is 2.23. The Hall–Kier alpha value is 0.0200. The molecule has 0 atom stereocenters. The predicted octanol–water partition coefficient (Wildman–Crippen LogP) is 3.77. The lowest BCUT2D eigenvalue weighted by Gasteiger charge is -2.17. The van der Waals surface area contributed by atoms with Crippen molar-refractivity contribution in [2.24, 2.45) is 0 Å². The van der Waals surface area contributed by atoms with Gasteiger partial charge in [-0.1, -0.05) is 38.3 Å². The maximum atomic E-state index is 13.7. The number of hydrogen-bond donors (Lipinski definition) is 0. The zero-order valence-corrected chi connectivity index (χ0v) is 14.6. The maximum absolute atomic E-state index is 13.7. The van der Waals surface area contributed by atoms with Gasteiger partial charge in [0.2, 0.25) is 10.0 Å². The zero-order chi connectivity index (χ0) is 14.5. The summed E-state index contributed by atoms with van der Waals surface area (Å²) < 4.78 is 39.8. The van der Waals surface area contributed by atoms with Crippen LogP contribution in [0.1, 0.15) is 19.3 Å². The monoisotopic (exact) mass is 415 g/mol. The van der Waals surface area contributed by atoms with E-state index in [2.05, 4.69) is 31.9 Å². The molecule has 0 aliphatic rings. The Morgan fingerprint density at radius 3 is 2.53 bits per heavy atom. The van der Waals surface area contributed by atoms with Crippen LogP contribution in [0.3, 0.4) is 0 Å². The largest absolute Gasteiger partial charge is 0.245 e. The molecule has 0 fully saturated rings. The molecule has 0 radical (unpaired) electrons. The van der Waals surface area contributed by atoms with Gasteiger partial charge in [-0.25, -0.2) is 17.1 Å². The van der Waals surface area contributed by atoms with Crippen molar-refractivity contribution in [2.75, 3.05) is 18.9 Å². The minimum absolute atomic E-state index is 0.279. The minimum atomic E-state index is -3.75. The Morgan fingerprint density at radius 2 is 1.95 bits per heavy atom. The lowest BCUT2D eigenvalue weighted by atomic mass is 10.2. The number of rotatable bonds is 7. The third-order valence-corrected chi connectivity index (χ3v) is 5.63. The SMILES string of the molecule is CN(CCCCCBr)S(=O)(=O)c1ccc(Br)cc1F. The van der Waals surface area contributed by atoms with E-state index in [-0.39, 0.29) is 4.90 Å². The van der Waals surface area contributed by atoms with Gasteiger partial charge in [0, 0.05) is 23.4 Å². The Labute approximate surface area is 130 Å². The highest BCUT2D eigenvalue weighted by atomic mass is 79.9. The molecule has 0 N–H and O–H groups in total. The van der Waals surface area contributed by atoms with Crippen LogP contribution in [0.2, 0.25) is 0 Å². The van der Waals surface area contributed by atoms with Crippen LogP contribution in [-0.2, 0) is 10.0 Å². The number of halogens is 3. The van der Waals surface area contributed by atoms with Gasteiger partial charge in [0.25, 0.3) is 0 Å². The second-order valence-corrected chi connectivity index (χ2v) is 7.87. The summed E-state index contributed by atoms with van der Waals surface area (Å²) in [6.07, 6.45) is 2.70. The van der Waals surface area contributed by atoms with Crippen LogP contribution in [0.5, 0.6) is 0 Å². The summed E-state index contributed by atoms with van der Waals surface area (Å²) in [5, 5.41) is 0.908. The molecule has 0 aromatic heterocycles. The topological polar surface area (TPSA) is 37.4 Å². The van der Waals surface area contributed by atoms with Crippen molar-refractivity contribution in [2.45, 2.75) is 24.2 Å². The number of hydrogen-bond acceptors (Lipinski definition) is 2. The summed E-state index contributed by atoms with van der Waals surface area (Å²) in [7, 11) is -2.27. The second kappa shape index (κ2) is 7.71. The van der Waals surface area contributed by atoms with E-state index in [0.717, 1.165) is 30.7 Å². The van der Waals surface area contributed by atoms with Crippen LogP contribution >= 0.6 is 31.9 Å². The highest BCUT2D eigenvalue weighted by molar-refractivity contribution is 9.10. The van der Waals surface area contributed by atoms with Gasteiger partial charge in [0.1, 0.15) is 10.7 Å². The quantitative estimate of drug-likeness (QED) is 0.501. The summed E-state index contributed by atoms with van der Waals surface area (Å²) in [6.45, 7) is 0.394. The molecule has 1 rings (SSSR count). The van der Waals surface area contributed by atoms with E-state index in [1.54, 1.807) is 0 Å². The van der Waals surface area contributed by atoms with E-state index in [1.807, 2.05) is 0 Å².